The molecule has 1 N–H and O–H groups in total. The molecule has 82 valence electrons. The van der Waals surface area contributed by atoms with E-state index in [0.29, 0.717) is 0 Å². The van der Waals surface area contributed by atoms with Crippen molar-refractivity contribution in [2.75, 3.05) is 6.54 Å². The summed E-state index contributed by atoms with van der Waals surface area (Å²) < 4.78 is 25.6. The van der Waals surface area contributed by atoms with Gasteiger partial charge in [-0.3, -0.25) is 0 Å². The van der Waals surface area contributed by atoms with E-state index in [2.05, 4.69) is 5.32 Å². The second kappa shape index (κ2) is 4.27. The molecule has 1 aliphatic rings. The first-order valence-corrected chi connectivity index (χ1v) is 5.35. The van der Waals surface area contributed by atoms with Crippen molar-refractivity contribution in [3.05, 3.63) is 35.4 Å². The third-order valence-electron chi connectivity index (χ3n) is 2.85. The van der Waals surface area contributed by atoms with Crippen LogP contribution in [-0.2, 0) is 0 Å². The first kappa shape index (κ1) is 10.6. The zero-order valence-corrected chi connectivity index (χ0v) is 8.76. The zero-order valence-electron chi connectivity index (χ0n) is 8.76. The molecular weight excluding hydrogens is 196 g/mol. The predicted octanol–water partition coefficient (Wildman–Crippen LogP) is 3.03. The van der Waals surface area contributed by atoms with Crippen LogP contribution in [-0.4, -0.2) is 6.54 Å². The second-order valence-electron chi connectivity index (χ2n) is 4.25. The summed E-state index contributed by atoms with van der Waals surface area (Å²) in [6.45, 7) is 2.94. The van der Waals surface area contributed by atoms with Crippen LogP contribution in [0.25, 0.3) is 0 Å². The van der Waals surface area contributed by atoms with Gasteiger partial charge >= 0.3 is 0 Å². The number of halogens is 2. The number of benzene rings is 1. The molecular formula is C12H15F2N. The maximum atomic E-state index is 12.9. The fourth-order valence-electron chi connectivity index (χ4n) is 1.56. The topological polar surface area (TPSA) is 12.0 Å². The van der Waals surface area contributed by atoms with Crippen LogP contribution in [0.1, 0.15) is 31.4 Å². The standard InChI is InChI=1S/C12H15F2N/c1-8(15-7-9-2-3-9)10-4-5-11(13)12(14)6-10/h4-6,8-9,15H,2-3,7H2,1H3. The molecule has 1 aliphatic carbocycles. The molecule has 3 heteroatoms. The quantitative estimate of drug-likeness (QED) is 0.807. The summed E-state index contributed by atoms with van der Waals surface area (Å²) in [5.41, 5.74) is 0.801. The van der Waals surface area contributed by atoms with E-state index >= 15 is 0 Å². The molecule has 0 aromatic heterocycles. The Balaban J connectivity index is 1.97. The van der Waals surface area contributed by atoms with Crippen LogP contribution < -0.4 is 5.32 Å². The summed E-state index contributed by atoms with van der Waals surface area (Å²) in [6, 6.07) is 4.16. The smallest absolute Gasteiger partial charge is 0.159 e. The SMILES string of the molecule is CC(NCC1CC1)c1ccc(F)c(F)c1. The van der Waals surface area contributed by atoms with Crippen molar-refractivity contribution >= 4 is 0 Å². The van der Waals surface area contributed by atoms with Gasteiger partial charge in [0, 0.05) is 6.04 Å². The lowest BCUT2D eigenvalue weighted by Crippen LogP contribution is -2.21. The Hall–Kier alpha value is -0.960. The minimum atomic E-state index is -0.784. The number of nitrogens with one attached hydrogen (secondary N) is 1. The van der Waals surface area contributed by atoms with Gasteiger partial charge in [0.25, 0.3) is 0 Å². The Morgan fingerprint density at radius 1 is 1.33 bits per heavy atom. The highest BCUT2D eigenvalue weighted by Gasteiger charge is 2.21. The highest BCUT2D eigenvalue weighted by molar-refractivity contribution is 5.20. The monoisotopic (exact) mass is 211 g/mol. The molecule has 1 unspecified atom stereocenters. The van der Waals surface area contributed by atoms with Crippen molar-refractivity contribution in [1.82, 2.24) is 5.32 Å². The Morgan fingerprint density at radius 2 is 2.07 bits per heavy atom. The predicted molar refractivity (Wildman–Crippen MR) is 55.5 cm³/mol. The molecule has 1 aromatic rings. The summed E-state index contributed by atoms with van der Waals surface area (Å²) in [5.74, 6) is -0.765. The molecule has 0 spiro atoms. The van der Waals surface area contributed by atoms with E-state index in [-0.39, 0.29) is 6.04 Å². The molecule has 1 atom stereocenters. The first-order chi connectivity index (χ1) is 7.16. The second-order valence-corrected chi connectivity index (χ2v) is 4.25. The van der Waals surface area contributed by atoms with Gasteiger partial charge in [0.05, 0.1) is 0 Å². The van der Waals surface area contributed by atoms with Gasteiger partial charge in [-0.15, -0.1) is 0 Å². The van der Waals surface area contributed by atoms with Crippen molar-refractivity contribution in [3.8, 4) is 0 Å². The van der Waals surface area contributed by atoms with Crippen LogP contribution in [0, 0.1) is 17.6 Å². The number of rotatable bonds is 4. The van der Waals surface area contributed by atoms with Gasteiger partial charge in [-0.2, -0.15) is 0 Å². The highest BCUT2D eigenvalue weighted by atomic mass is 19.2. The summed E-state index contributed by atoms with van der Waals surface area (Å²) in [6.07, 6.45) is 2.58. The number of hydrogen-bond donors (Lipinski definition) is 1. The van der Waals surface area contributed by atoms with Crippen molar-refractivity contribution in [2.24, 2.45) is 5.92 Å². The van der Waals surface area contributed by atoms with Gasteiger partial charge in [-0.05, 0) is 49.9 Å². The maximum absolute atomic E-state index is 12.9. The lowest BCUT2D eigenvalue weighted by molar-refractivity contribution is 0.498. The molecule has 0 saturated heterocycles. The van der Waals surface area contributed by atoms with Crippen LogP contribution in [0.5, 0.6) is 0 Å². The van der Waals surface area contributed by atoms with E-state index in [0.717, 1.165) is 18.0 Å². The van der Waals surface area contributed by atoms with E-state index in [1.165, 1.54) is 25.0 Å². The maximum Gasteiger partial charge on any atom is 0.159 e. The number of hydrogen-bond acceptors (Lipinski definition) is 1. The van der Waals surface area contributed by atoms with E-state index in [1.807, 2.05) is 6.92 Å². The minimum absolute atomic E-state index is 0.0840. The third-order valence-corrected chi connectivity index (χ3v) is 2.85. The lowest BCUT2D eigenvalue weighted by Gasteiger charge is -2.13. The van der Waals surface area contributed by atoms with Gasteiger partial charge in [0.2, 0.25) is 0 Å². The molecule has 1 saturated carbocycles. The van der Waals surface area contributed by atoms with Gasteiger partial charge in [0.15, 0.2) is 11.6 Å². The van der Waals surface area contributed by atoms with Gasteiger partial charge in [-0.25, -0.2) is 8.78 Å². The fraction of sp³-hybridized carbons (Fsp3) is 0.500. The normalized spacial score (nSPS) is 17.8. The lowest BCUT2D eigenvalue weighted by atomic mass is 10.1. The molecule has 0 radical (unpaired) electrons. The molecule has 0 amide bonds. The zero-order chi connectivity index (χ0) is 10.8. The van der Waals surface area contributed by atoms with E-state index in [4.69, 9.17) is 0 Å². The van der Waals surface area contributed by atoms with Crippen LogP contribution in [0.2, 0.25) is 0 Å². The van der Waals surface area contributed by atoms with E-state index in [9.17, 15) is 8.78 Å². The van der Waals surface area contributed by atoms with Crippen molar-refractivity contribution in [1.29, 1.82) is 0 Å². The third kappa shape index (κ3) is 2.75. The molecule has 0 bridgehead atoms. The summed E-state index contributed by atoms with van der Waals surface area (Å²) >= 11 is 0. The molecule has 1 fully saturated rings. The molecule has 1 aromatic carbocycles. The van der Waals surface area contributed by atoms with Crippen LogP contribution >= 0.6 is 0 Å². The fourth-order valence-corrected chi connectivity index (χ4v) is 1.56. The van der Waals surface area contributed by atoms with Crippen LogP contribution in [0.15, 0.2) is 18.2 Å². The first-order valence-electron chi connectivity index (χ1n) is 5.35. The highest BCUT2D eigenvalue weighted by Crippen LogP contribution is 2.28. The van der Waals surface area contributed by atoms with Gasteiger partial charge in [-0.1, -0.05) is 6.07 Å². The molecule has 1 nitrogen and oxygen atoms in total. The Kier molecular flexibility index (Phi) is 3.00. The molecule has 15 heavy (non-hydrogen) atoms. The Labute approximate surface area is 88.5 Å². The summed E-state index contributed by atoms with van der Waals surface area (Å²) in [5, 5.41) is 3.32. The average Bonchev–Trinajstić information content (AvgIpc) is 3.02. The van der Waals surface area contributed by atoms with Crippen LogP contribution in [0.3, 0.4) is 0 Å². The molecule has 0 aliphatic heterocycles. The van der Waals surface area contributed by atoms with Gasteiger partial charge < -0.3 is 5.32 Å². The molecule has 0 heterocycles. The van der Waals surface area contributed by atoms with E-state index in [1.54, 1.807) is 6.07 Å². The van der Waals surface area contributed by atoms with Crippen molar-refractivity contribution in [2.45, 2.75) is 25.8 Å². The van der Waals surface area contributed by atoms with Gasteiger partial charge in [0.1, 0.15) is 0 Å². The van der Waals surface area contributed by atoms with Crippen molar-refractivity contribution in [3.63, 3.8) is 0 Å². The average molecular weight is 211 g/mol. The summed E-state index contributed by atoms with van der Waals surface area (Å²) in [4.78, 5) is 0. The molecule has 2 rings (SSSR count). The van der Waals surface area contributed by atoms with Crippen molar-refractivity contribution < 1.29 is 8.78 Å². The Morgan fingerprint density at radius 3 is 2.67 bits per heavy atom. The Bertz CT molecular complexity index is 347. The summed E-state index contributed by atoms with van der Waals surface area (Å²) in [7, 11) is 0. The van der Waals surface area contributed by atoms with E-state index < -0.39 is 11.6 Å². The van der Waals surface area contributed by atoms with Crippen LogP contribution in [0.4, 0.5) is 8.78 Å². The largest absolute Gasteiger partial charge is 0.310 e. The minimum Gasteiger partial charge on any atom is -0.310 e.